The molecule has 2 atom stereocenters. The Balaban J connectivity index is 2.54. The minimum Gasteiger partial charge on any atom is -0.480 e. The van der Waals surface area contributed by atoms with Gasteiger partial charge in [0.1, 0.15) is 0 Å². The molecule has 0 saturated carbocycles. The van der Waals surface area contributed by atoms with Crippen LogP contribution in [0.5, 0.6) is 0 Å². The Morgan fingerprint density at radius 1 is 1.33 bits per heavy atom. The fraction of sp³-hybridized carbons (Fsp3) is 0.385. The highest BCUT2D eigenvalue weighted by Crippen LogP contribution is 2.06. The third kappa shape index (κ3) is 4.55. The Labute approximate surface area is 106 Å². The molecule has 0 saturated heterocycles. The molecule has 0 radical (unpaired) electrons. The molecule has 5 heteroatoms. The summed E-state index contributed by atoms with van der Waals surface area (Å²) in [4.78, 5) is 21.9. The van der Waals surface area contributed by atoms with Gasteiger partial charge in [-0.1, -0.05) is 30.3 Å². The van der Waals surface area contributed by atoms with Gasteiger partial charge >= 0.3 is 5.97 Å². The van der Waals surface area contributed by atoms with E-state index in [4.69, 9.17) is 9.84 Å². The Hall–Kier alpha value is -1.88. The molecule has 0 bridgehead atoms. The second-order valence-electron chi connectivity index (χ2n) is 4.02. The predicted octanol–water partition coefficient (Wildman–Crippen LogP) is 1.18. The van der Waals surface area contributed by atoms with E-state index >= 15 is 0 Å². The van der Waals surface area contributed by atoms with Crippen molar-refractivity contribution in [2.75, 3.05) is 0 Å². The molecule has 1 aromatic rings. The molecule has 1 unspecified atom stereocenters. The van der Waals surface area contributed by atoms with Gasteiger partial charge in [-0.2, -0.15) is 0 Å². The second kappa shape index (κ2) is 6.76. The monoisotopic (exact) mass is 251 g/mol. The molecule has 0 heterocycles. The Morgan fingerprint density at radius 3 is 2.44 bits per heavy atom. The lowest BCUT2D eigenvalue weighted by molar-refractivity contribution is -0.146. The van der Waals surface area contributed by atoms with Crippen LogP contribution in [0.2, 0.25) is 0 Å². The van der Waals surface area contributed by atoms with Crippen LogP contribution in [0.1, 0.15) is 19.4 Å². The van der Waals surface area contributed by atoms with Crippen molar-refractivity contribution in [1.82, 2.24) is 5.32 Å². The number of carbonyl (C=O) groups excluding carboxylic acids is 1. The molecular formula is C13H17NO4. The van der Waals surface area contributed by atoms with Crippen LogP contribution in [-0.2, 0) is 20.9 Å². The van der Waals surface area contributed by atoms with Crippen LogP contribution in [-0.4, -0.2) is 29.1 Å². The molecule has 98 valence electrons. The van der Waals surface area contributed by atoms with Crippen LogP contribution in [0, 0.1) is 0 Å². The molecular weight excluding hydrogens is 234 g/mol. The zero-order valence-electron chi connectivity index (χ0n) is 10.4. The first kappa shape index (κ1) is 14.2. The first-order valence-electron chi connectivity index (χ1n) is 5.66. The molecule has 2 N–H and O–H groups in total. The van der Waals surface area contributed by atoms with E-state index in [1.54, 1.807) is 6.92 Å². The molecule has 5 nitrogen and oxygen atoms in total. The summed E-state index contributed by atoms with van der Waals surface area (Å²) in [6.07, 6.45) is -0.605. The van der Waals surface area contributed by atoms with Crippen molar-refractivity contribution >= 4 is 11.9 Å². The number of ether oxygens (including phenoxy) is 1. The van der Waals surface area contributed by atoms with Gasteiger partial charge < -0.3 is 15.2 Å². The number of amides is 1. The molecule has 0 aliphatic rings. The first-order chi connectivity index (χ1) is 8.50. The summed E-state index contributed by atoms with van der Waals surface area (Å²) in [7, 11) is 0. The quantitative estimate of drug-likeness (QED) is 0.796. The molecule has 18 heavy (non-hydrogen) atoms. The van der Waals surface area contributed by atoms with Gasteiger partial charge in [-0.15, -0.1) is 0 Å². The molecule has 1 aromatic carbocycles. The summed E-state index contributed by atoms with van der Waals surface area (Å²) in [6, 6.07) is 8.40. The normalized spacial score (nSPS) is 13.7. The van der Waals surface area contributed by atoms with Crippen LogP contribution in [0.3, 0.4) is 0 Å². The van der Waals surface area contributed by atoms with Gasteiger partial charge in [0.2, 0.25) is 5.91 Å². The van der Waals surface area contributed by atoms with Gasteiger partial charge in [0, 0.05) is 6.92 Å². The lowest BCUT2D eigenvalue weighted by Crippen LogP contribution is -2.47. The number of carboxylic acids is 1. The van der Waals surface area contributed by atoms with E-state index in [1.807, 2.05) is 30.3 Å². The average molecular weight is 251 g/mol. The van der Waals surface area contributed by atoms with Gasteiger partial charge in [0.25, 0.3) is 0 Å². The van der Waals surface area contributed by atoms with E-state index in [2.05, 4.69) is 5.32 Å². The summed E-state index contributed by atoms with van der Waals surface area (Å²) < 4.78 is 5.46. The summed E-state index contributed by atoms with van der Waals surface area (Å²) in [5.74, 6) is -1.50. The minimum atomic E-state index is -1.11. The Kier molecular flexibility index (Phi) is 5.32. The SMILES string of the molecule is CC(=O)NC(C(=O)O)[C@@H](C)OCc1ccccc1. The zero-order chi connectivity index (χ0) is 13.5. The average Bonchev–Trinajstić information content (AvgIpc) is 2.34. The first-order valence-corrected chi connectivity index (χ1v) is 5.66. The number of carboxylic acid groups (broad SMARTS) is 1. The molecule has 0 fully saturated rings. The molecule has 0 spiro atoms. The van der Waals surface area contributed by atoms with E-state index in [0.717, 1.165) is 5.56 Å². The van der Waals surface area contributed by atoms with Crippen molar-refractivity contribution in [2.24, 2.45) is 0 Å². The smallest absolute Gasteiger partial charge is 0.328 e. The molecule has 1 rings (SSSR count). The predicted molar refractivity (Wildman–Crippen MR) is 65.9 cm³/mol. The molecule has 0 aliphatic carbocycles. The fourth-order valence-corrected chi connectivity index (χ4v) is 1.50. The van der Waals surface area contributed by atoms with Crippen molar-refractivity contribution in [3.63, 3.8) is 0 Å². The van der Waals surface area contributed by atoms with Crippen LogP contribution in [0.15, 0.2) is 30.3 Å². The van der Waals surface area contributed by atoms with E-state index in [0.29, 0.717) is 6.61 Å². The van der Waals surface area contributed by atoms with Gasteiger partial charge in [-0.05, 0) is 12.5 Å². The van der Waals surface area contributed by atoms with E-state index < -0.39 is 24.0 Å². The highest BCUT2D eigenvalue weighted by atomic mass is 16.5. The van der Waals surface area contributed by atoms with Gasteiger partial charge in [-0.3, -0.25) is 4.79 Å². The lowest BCUT2D eigenvalue weighted by Gasteiger charge is -2.21. The van der Waals surface area contributed by atoms with E-state index in [-0.39, 0.29) is 0 Å². The van der Waals surface area contributed by atoms with E-state index in [9.17, 15) is 9.59 Å². The zero-order valence-corrected chi connectivity index (χ0v) is 10.4. The summed E-state index contributed by atoms with van der Waals surface area (Å²) in [6.45, 7) is 3.21. The fourth-order valence-electron chi connectivity index (χ4n) is 1.50. The molecule has 1 amide bonds. The number of aliphatic carboxylic acids is 1. The third-order valence-electron chi connectivity index (χ3n) is 2.45. The van der Waals surface area contributed by atoms with Crippen molar-refractivity contribution in [1.29, 1.82) is 0 Å². The van der Waals surface area contributed by atoms with Crippen LogP contribution < -0.4 is 5.32 Å². The number of benzene rings is 1. The summed E-state index contributed by atoms with van der Waals surface area (Å²) in [5, 5.41) is 11.3. The highest BCUT2D eigenvalue weighted by molar-refractivity contribution is 5.82. The van der Waals surface area contributed by atoms with Crippen LogP contribution >= 0.6 is 0 Å². The van der Waals surface area contributed by atoms with Crippen molar-refractivity contribution in [3.8, 4) is 0 Å². The number of nitrogens with one attached hydrogen (secondary N) is 1. The maximum atomic E-state index is 11.0. The van der Waals surface area contributed by atoms with Gasteiger partial charge in [0.15, 0.2) is 6.04 Å². The lowest BCUT2D eigenvalue weighted by atomic mass is 10.1. The Morgan fingerprint density at radius 2 is 1.94 bits per heavy atom. The minimum absolute atomic E-state index is 0.311. The van der Waals surface area contributed by atoms with Crippen LogP contribution in [0.4, 0.5) is 0 Å². The van der Waals surface area contributed by atoms with Crippen LogP contribution in [0.25, 0.3) is 0 Å². The standard InChI is InChI=1S/C13H17NO4/c1-9(12(13(16)17)14-10(2)15)18-8-11-6-4-3-5-7-11/h3-7,9,12H,8H2,1-2H3,(H,14,15)(H,16,17)/t9-,12?/m1/s1. The summed E-state index contributed by atoms with van der Waals surface area (Å²) in [5.41, 5.74) is 0.955. The highest BCUT2D eigenvalue weighted by Gasteiger charge is 2.26. The number of rotatable bonds is 6. The number of hydrogen-bond acceptors (Lipinski definition) is 3. The maximum Gasteiger partial charge on any atom is 0.328 e. The molecule has 0 aromatic heterocycles. The second-order valence-corrected chi connectivity index (χ2v) is 4.02. The van der Waals surface area contributed by atoms with Gasteiger partial charge in [0.05, 0.1) is 12.7 Å². The van der Waals surface area contributed by atoms with Crippen molar-refractivity contribution in [2.45, 2.75) is 32.6 Å². The molecule has 0 aliphatic heterocycles. The largest absolute Gasteiger partial charge is 0.480 e. The summed E-state index contributed by atoms with van der Waals surface area (Å²) >= 11 is 0. The maximum absolute atomic E-state index is 11.0. The van der Waals surface area contributed by atoms with Crippen molar-refractivity contribution < 1.29 is 19.4 Å². The third-order valence-corrected chi connectivity index (χ3v) is 2.45. The Bertz CT molecular complexity index is 405. The number of hydrogen-bond donors (Lipinski definition) is 2. The topological polar surface area (TPSA) is 75.6 Å². The van der Waals surface area contributed by atoms with Gasteiger partial charge in [-0.25, -0.2) is 4.79 Å². The van der Waals surface area contributed by atoms with E-state index in [1.165, 1.54) is 6.92 Å². The van der Waals surface area contributed by atoms with Crippen molar-refractivity contribution in [3.05, 3.63) is 35.9 Å². The number of carbonyl (C=O) groups is 2.